The minimum Gasteiger partial charge on any atom is -0.327 e. The van der Waals surface area contributed by atoms with Crippen molar-refractivity contribution in [3.63, 3.8) is 0 Å². The van der Waals surface area contributed by atoms with Gasteiger partial charge in [-0.3, -0.25) is 0 Å². The Labute approximate surface area is 187 Å². The van der Waals surface area contributed by atoms with E-state index in [9.17, 15) is 0 Å². The van der Waals surface area contributed by atoms with E-state index >= 15 is 0 Å². The van der Waals surface area contributed by atoms with Crippen molar-refractivity contribution in [3.8, 4) is 0 Å². The predicted molar refractivity (Wildman–Crippen MR) is 134 cm³/mol. The third-order valence-corrected chi connectivity index (χ3v) is 6.81. The number of benzene rings is 2. The fourth-order valence-electron chi connectivity index (χ4n) is 2.85. The summed E-state index contributed by atoms with van der Waals surface area (Å²) in [6.07, 6.45) is 0.920. The molecule has 0 heterocycles. The van der Waals surface area contributed by atoms with Crippen LogP contribution in [0.3, 0.4) is 0 Å². The van der Waals surface area contributed by atoms with Crippen molar-refractivity contribution < 1.29 is 0 Å². The molecular formula is C25H38N2S2. The zero-order valence-corrected chi connectivity index (χ0v) is 20.5. The van der Waals surface area contributed by atoms with E-state index in [2.05, 4.69) is 87.1 Å². The van der Waals surface area contributed by atoms with Gasteiger partial charge in [-0.1, -0.05) is 75.5 Å². The molecule has 0 fully saturated rings. The van der Waals surface area contributed by atoms with Crippen LogP contribution in [0.4, 0.5) is 0 Å². The molecule has 0 aliphatic carbocycles. The second-order valence-electron chi connectivity index (χ2n) is 7.33. The second kappa shape index (κ2) is 13.9. The van der Waals surface area contributed by atoms with Crippen LogP contribution < -0.4 is 5.73 Å². The van der Waals surface area contributed by atoms with Crippen molar-refractivity contribution in [1.82, 2.24) is 4.31 Å². The lowest BCUT2D eigenvalue weighted by atomic mass is 9.95. The molecular weight excluding hydrogens is 392 g/mol. The van der Waals surface area contributed by atoms with Crippen molar-refractivity contribution in [2.45, 2.75) is 69.8 Å². The molecule has 0 saturated heterocycles. The maximum Gasteiger partial charge on any atom is 0.0241 e. The first-order valence-electron chi connectivity index (χ1n) is 10.5. The van der Waals surface area contributed by atoms with Gasteiger partial charge >= 0.3 is 0 Å². The van der Waals surface area contributed by atoms with Crippen LogP contribution in [-0.4, -0.2) is 22.9 Å². The van der Waals surface area contributed by atoms with Gasteiger partial charge in [0.2, 0.25) is 0 Å². The third-order valence-electron chi connectivity index (χ3n) is 4.68. The summed E-state index contributed by atoms with van der Waals surface area (Å²) in [6.45, 7) is 17.7. The van der Waals surface area contributed by atoms with Crippen LogP contribution in [0.2, 0.25) is 0 Å². The Balaban J connectivity index is 0.00000204. The second-order valence-corrected chi connectivity index (χ2v) is 9.46. The minimum absolute atomic E-state index is 0.152. The lowest BCUT2D eigenvalue weighted by molar-refractivity contribution is 0.307. The van der Waals surface area contributed by atoms with Crippen LogP contribution in [0, 0.1) is 12.8 Å². The van der Waals surface area contributed by atoms with Crippen molar-refractivity contribution in [2.24, 2.45) is 11.7 Å². The maximum atomic E-state index is 6.52. The molecule has 0 aliphatic rings. The fourth-order valence-corrected chi connectivity index (χ4v) is 4.64. The summed E-state index contributed by atoms with van der Waals surface area (Å²) in [6, 6.07) is 17.8. The van der Waals surface area contributed by atoms with Gasteiger partial charge < -0.3 is 5.73 Å². The molecule has 2 nitrogen and oxygen atoms in total. The number of hydrogen-bond donors (Lipinski definition) is 1. The van der Waals surface area contributed by atoms with E-state index in [1.807, 2.05) is 31.2 Å². The van der Waals surface area contributed by atoms with E-state index in [0.717, 1.165) is 13.0 Å². The normalized spacial score (nSPS) is 13.0. The summed E-state index contributed by atoms with van der Waals surface area (Å²) in [5.41, 5.74) is 9.13. The van der Waals surface area contributed by atoms with E-state index in [0.29, 0.717) is 12.0 Å². The third kappa shape index (κ3) is 9.00. The largest absolute Gasteiger partial charge is 0.327 e. The molecule has 2 rings (SSSR count). The molecule has 0 aromatic heterocycles. The molecule has 4 heteroatoms. The van der Waals surface area contributed by atoms with E-state index in [-0.39, 0.29) is 6.04 Å². The van der Waals surface area contributed by atoms with Gasteiger partial charge in [0.05, 0.1) is 0 Å². The lowest BCUT2D eigenvalue weighted by Crippen LogP contribution is -2.39. The van der Waals surface area contributed by atoms with Crippen LogP contribution in [-0.2, 0) is 6.42 Å². The summed E-state index contributed by atoms with van der Waals surface area (Å²) in [5.74, 6) is 0.410. The average Bonchev–Trinajstić information content (AvgIpc) is 2.72. The topological polar surface area (TPSA) is 29.3 Å². The molecule has 0 saturated carbocycles. The molecule has 2 aromatic carbocycles. The molecule has 0 aliphatic heterocycles. The van der Waals surface area contributed by atoms with Crippen LogP contribution in [0.25, 0.3) is 0 Å². The molecule has 2 N–H and O–H groups in total. The van der Waals surface area contributed by atoms with Crippen LogP contribution in [0.15, 0.2) is 70.3 Å². The Morgan fingerprint density at radius 1 is 1.07 bits per heavy atom. The molecule has 29 heavy (non-hydrogen) atoms. The van der Waals surface area contributed by atoms with Gasteiger partial charge in [-0.15, -0.1) is 0 Å². The number of rotatable bonds is 10. The highest BCUT2D eigenvalue weighted by molar-refractivity contribution is 8.02. The standard InChI is InChI=1S/C23H32N2S2.C2H6/c1-6-26-23-15-21(13-12-18(23)4)27-25(17(2)3)16-19(5)22(24)14-20-10-8-7-9-11-20;1-2/h6-13,15,17,19,22H,1,14,16,24H2,2-5H3;1-2H3. The number of nitrogens with zero attached hydrogens (tertiary/aromatic N) is 1. The Morgan fingerprint density at radius 2 is 1.72 bits per heavy atom. The number of hydrogen-bond acceptors (Lipinski definition) is 4. The maximum absolute atomic E-state index is 6.52. The van der Waals surface area contributed by atoms with Gasteiger partial charge in [-0.05, 0) is 73.7 Å². The number of aryl methyl sites for hydroxylation is 1. The van der Waals surface area contributed by atoms with Gasteiger partial charge in [0.15, 0.2) is 0 Å². The summed E-state index contributed by atoms with van der Waals surface area (Å²) < 4.78 is 2.45. The first kappa shape index (κ1) is 25.8. The van der Waals surface area contributed by atoms with Gasteiger partial charge in [-0.25, -0.2) is 4.31 Å². The first-order valence-corrected chi connectivity index (χ1v) is 12.2. The fraction of sp³-hybridized carbons (Fsp3) is 0.440. The summed E-state index contributed by atoms with van der Waals surface area (Å²) in [4.78, 5) is 2.54. The Kier molecular flexibility index (Phi) is 12.4. The number of nitrogens with two attached hydrogens (primary N) is 1. The monoisotopic (exact) mass is 430 g/mol. The smallest absolute Gasteiger partial charge is 0.0241 e. The Hall–Kier alpha value is -1.20. The van der Waals surface area contributed by atoms with Gasteiger partial charge in [0, 0.05) is 28.4 Å². The highest BCUT2D eigenvalue weighted by atomic mass is 32.2. The van der Waals surface area contributed by atoms with E-state index in [4.69, 9.17) is 5.73 Å². The predicted octanol–water partition coefficient (Wildman–Crippen LogP) is 7.18. The summed E-state index contributed by atoms with van der Waals surface area (Å²) in [5, 5.41) is 1.89. The van der Waals surface area contributed by atoms with E-state index < -0.39 is 0 Å². The Morgan fingerprint density at radius 3 is 2.31 bits per heavy atom. The van der Waals surface area contributed by atoms with Crippen molar-refractivity contribution in [1.29, 1.82) is 0 Å². The van der Waals surface area contributed by atoms with Crippen molar-refractivity contribution in [2.75, 3.05) is 6.54 Å². The highest BCUT2D eigenvalue weighted by Gasteiger charge is 2.20. The first-order chi connectivity index (χ1) is 13.9. The zero-order valence-electron chi connectivity index (χ0n) is 18.9. The molecule has 2 atom stereocenters. The van der Waals surface area contributed by atoms with Crippen LogP contribution in [0.5, 0.6) is 0 Å². The highest BCUT2D eigenvalue weighted by Crippen LogP contribution is 2.32. The SMILES string of the molecule is C=CSc1cc(SN(CC(C)C(N)Cc2ccccc2)C(C)C)ccc1C.CC. The quantitative estimate of drug-likeness (QED) is 0.319. The molecule has 2 aromatic rings. The number of thioether (sulfide) groups is 1. The van der Waals surface area contributed by atoms with Crippen LogP contribution >= 0.6 is 23.7 Å². The summed E-state index contributed by atoms with van der Waals surface area (Å²) in [7, 11) is 0. The molecule has 0 amide bonds. The van der Waals surface area contributed by atoms with Gasteiger partial charge in [0.1, 0.15) is 0 Å². The van der Waals surface area contributed by atoms with Gasteiger partial charge in [0.25, 0.3) is 0 Å². The van der Waals surface area contributed by atoms with E-state index in [1.165, 1.54) is 20.9 Å². The zero-order chi connectivity index (χ0) is 21.8. The minimum atomic E-state index is 0.152. The average molecular weight is 431 g/mol. The molecule has 0 bridgehead atoms. The summed E-state index contributed by atoms with van der Waals surface area (Å²) >= 11 is 3.51. The van der Waals surface area contributed by atoms with E-state index in [1.54, 1.807) is 11.8 Å². The van der Waals surface area contributed by atoms with Crippen LogP contribution in [0.1, 0.15) is 45.7 Å². The Bertz CT molecular complexity index is 716. The van der Waals surface area contributed by atoms with Gasteiger partial charge in [-0.2, -0.15) is 0 Å². The molecule has 0 radical (unpaired) electrons. The lowest BCUT2D eigenvalue weighted by Gasteiger charge is -2.30. The van der Waals surface area contributed by atoms with Crippen molar-refractivity contribution in [3.05, 3.63) is 71.6 Å². The molecule has 160 valence electrons. The molecule has 2 unspecified atom stereocenters. The molecule has 0 spiro atoms. The van der Waals surface area contributed by atoms with Crippen molar-refractivity contribution >= 4 is 23.7 Å².